The fourth-order valence-electron chi connectivity index (χ4n) is 2.03. The Morgan fingerprint density at radius 1 is 1.33 bits per heavy atom. The molecule has 0 saturated heterocycles. The third-order valence-electron chi connectivity index (χ3n) is 2.99. The van der Waals surface area contributed by atoms with Crippen LogP contribution in [0.25, 0.3) is 10.9 Å². The van der Waals surface area contributed by atoms with Crippen molar-refractivity contribution >= 4 is 34.6 Å². The molecule has 0 amide bonds. The zero-order valence-electron chi connectivity index (χ0n) is 10.5. The van der Waals surface area contributed by atoms with Crippen molar-refractivity contribution in [1.29, 1.82) is 0 Å². The van der Waals surface area contributed by atoms with E-state index in [4.69, 9.17) is 11.6 Å². The summed E-state index contributed by atoms with van der Waals surface area (Å²) in [5, 5.41) is 1.50. The minimum Gasteiger partial charge on any atom is -0.357 e. The summed E-state index contributed by atoms with van der Waals surface area (Å²) in [6, 6.07) is 7.42. The highest BCUT2D eigenvalue weighted by atomic mass is 35.5. The number of pyridine rings is 1. The van der Waals surface area contributed by atoms with Gasteiger partial charge in [-0.05, 0) is 26.0 Å². The number of aromatic nitrogens is 1. The van der Waals surface area contributed by atoms with Crippen LogP contribution in [0.4, 0.5) is 5.82 Å². The van der Waals surface area contributed by atoms with Gasteiger partial charge in [0.05, 0.1) is 16.1 Å². The predicted octanol–water partition coefficient (Wildman–Crippen LogP) is 3.55. The van der Waals surface area contributed by atoms with Crippen LogP contribution in [-0.2, 0) is 0 Å². The molecule has 0 aliphatic carbocycles. The first-order valence-electron chi connectivity index (χ1n) is 6.00. The molecule has 3 nitrogen and oxygen atoms in total. The summed E-state index contributed by atoms with van der Waals surface area (Å²) in [5.74, 6) is 0.704. The Morgan fingerprint density at radius 3 is 2.67 bits per heavy atom. The van der Waals surface area contributed by atoms with Crippen LogP contribution in [0, 0.1) is 0 Å². The number of fused-ring (bicyclic) bond motifs is 1. The lowest BCUT2D eigenvalue weighted by molar-refractivity contribution is 0.112. The molecule has 1 aromatic carbocycles. The van der Waals surface area contributed by atoms with E-state index in [0.717, 1.165) is 30.3 Å². The van der Waals surface area contributed by atoms with Gasteiger partial charge in [0.1, 0.15) is 5.82 Å². The summed E-state index contributed by atoms with van der Waals surface area (Å²) in [7, 11) is 0. The molecule has 0 fully saturated rings. The first-order chi connectivity index (χ1) is 8.71. The van der Waals surface area contributed by atoms with E-state index in [1.165, 1.54) is 0 Å². The second-order valence-electron chi connectivity index (χ2n) is 4.00. The molecule has 4 heteroatoms. The van der Waals surface area contributed by atoms with Crippen LogP contribution in [0.3, 0.4) is 0 Å². The molecule has 1 aromatic heterocycles. The maximum absolute atomic E-state index is 11.2. The van der Waals surface area contributed by atoms with Gasteiger partial charge >= 0.3 is 0 Å². The number of carbonyl (C=O) groups excluding carboxylic acids is 1. The molecule has 0 N–H and O–H groups in total. The van der Waals surface area contributed by atoms with Crippen molar-refractivity contribution < 1.29 is 4.79 Å². The maximum Gasteiger partial charge on any atom is 0.153 e. The number of hydrogen-bond acceptors (Lipinski definition) is 3. The maximum atomic E-state index is 11.2. The molecule has 0 aliphatic rings. The molecule has 0 bridgehead atoms. The highest BCUT2D eigenvalue weighted by molar-refractivity contribution is 6.35. The van der Waals surface area contributed by atoms with E-state index < -0.39 is 0 Å². The van der Waals surface area contributed by atoms with Crippen LogP contribution in [-0.4, -0.2) is 24.4 Å². The van der Waals surface area contributed by atoms with Crippen LogP contribution in [0.5, 0.6) is 0 Å². The number of rotatable bonds is 4. The second-order valence-corrected chi connectivity index (χ2v) is 4.41. The average molecular weight is 263 g/mol. The molecule has 0 saturated carbocycles. The van der Waals surface area contributed by atoms with E-state index in [-0.39, 0.29) is 0 Å². The molecule has 2 rings (SSSR count). The van der Waals surface area contributed by atoms with Crippen LogP contribution in [0.1, 0.15) is 24.2 Å². The monoisotopic (exact) mass is 262 g/mol. The van der Waals surface area contributed by atoms with Crippen molar-refractivity contribution in [1.82, 2.24) is 4.98 Å². The standard InChI is InChI=1S/C14H15ClN2O/c1-3-17(4-2)14-11(9-18)8-10-6-5-7-12(15)13(10)16-14/h5-9H,3-4H2,1-2H3. The smallest absolute Gasteiger partial charge is 0.153 e. The number of hydrogen-bond donors (Lipinski definition) is 0. The Morgan fingerprint density at radius 2 is 2.06 bits per heavy atom. The highest BCUT2D eigenvalue weighted by Gasteiger charge is 2.12. The van der Waals surface area contributed by atoms with Crippen molar-refractivity contribution in [3.05, 3.63) is 34.9 Å². The van der Waals surface area contributed by atoms with Gasteiger partial charge in [0.15, 0.2) is 6.29 Å². The van der Waals surface area contributed by atoms with E-state index in [1.807, 2.05) is 43.0 Å². The first kappa shape index (κ1) is 12.8. The molecule has 0 radical (unpaired) electrons. The van der Waals surface area contributed by atoms with Crippen LogP contribution < -0.4 is 4.90 Å². The first-order valence-corrected chi connectivity index (χ1v) is 6.38. The second kappa shape index (κ2) is 5.36. The lowest BCUT2D eigenvalue weighted by atomic mass is 10.1. The summed E-state index contributed by atoms with van der Waals surface area (Å²) in [5.41, 5.74) is 1.35. The van der Waals surface area contributed by atoms with Crippen molar-refractivity contribution in [2.45, 2.75) is 13.8 Å². The third kappa shape index (κ3) is 2.18. The molecule has 0 unspecified atom stereocenters. The van der Waals surface area contributed by atoms with Crippen molar-refractivity contribution in [2.75, 3.05) is 18.0 Å². The molecule has 94 valence electrons. The van der Waals surface area contributed by atoms with E-state index in [0.29, 0.717) is 16.4 Å². The van der Waals surface area contributed by atoms with Crippen LogP contribution >= 0.6 is 11.6 Å². The van der Waals surface area contributed by atoms with E-state index >= 15 is 0 Å². The van der Waals surface area contributed by atoms with Crippen LogP contribution in [0.15, 0.2) is 24.3 Å². The van der Waals surface area contributed by atoms with Crippen molar-refractivity contribution in [3.8, 4) is 0 Å². The Kier molecular flexibility index (Phi) is 3.82. The van der Waals surface area contributed by atoms with Gasteiger partial charge in [0.2, 0.25) is 0 Å². The van der Waals surface area contributed by atoms with Gasteiger partial charge in [-0.3, -0.25) is 4.79 Å². The normalized spacial score (nSPS) is 10.6. The van der Waals surface area contributed by atoms with E-state index in [9.17, 15) is 4.79 Å². The minimum absolute atomic E-state index is 0.605. The van der Waals surface area contributed by atoms with Crippen molar-refractivity contribution in [3.63, 3.8) is 0 Å². The molecule has 0 spiro atoms. The number of anilines is 1. The van der Waals surface area contributed by atoms with Gasteiger partial charge in [0, 0.05) is 18.5 Å². The van der Waals surface area contributed by atoms with Gasteiger partial charge in [-0.15, -0.1) is 0 Å². The summed E-state index contributed by atoms with van der Waals surface area (Å²) < 4.78 is 0. The quantitative estimate of drug-likeness (QED) is 0.790. The lowest BCUT2D eigenvalue weighted by Crippen LogP contribution is -2.24. The summed E-state index contributed by atoms with van der Waals surface area (Å²) in [6.45, 7) is 5.69. The van der Waals surface area contributed by atoms with Gasteiger partial charge in [-0.1, -0.05) is 23.7 Å². The Hall–Kier alpha value is -1.61. The Labute approximate surface area is 111 Å². The lowest BCUT2D eigenvalue weighted by Gasteiger charge is -2.21. The number of halogens is 1. The van der Waals surface area contributed by atoms with Crippen LogP contribution in [0.2, 0.25) is 5.02 Å². The molecular weight excluding hydrogens is 248 g/mol. The molecule has 2 aromatic rings. The Balaban J connectivity index is 2.71. The highest BCUT2D eigenvalue weighted by Crippen LogP contribution is 2.27. The predicted molar refractivity (Wildman–Crippen MR) is 75.7 cm³/mol. The number of benzene rings is 1. The molecule has 1 heterocycles. The summed E-state index contributed by atoms with van der Waals surface area (Å²) in [4.78, 5) is 17.8. The average Bonchev–Trinajstić information content (AvgIpc) is 2.40. The number of aldehydes is 1. The zero-order valence-corrected chi connectivity index (χ0v) is 11.2. The largest absolute Gasteiger partial charge is 0.357 e. The fourth-order valence-corrected chi connectivity index (χ4v) is 2.26. The molecular formula is C14H15ClN2O. The fraction of sp³-hybridized carbons (Fsp3) is 0.286. The van der Waals surface area contributed by atoms with E-state index in [1.54, 1.807) is 0 Å². The number of para-hydroxylation sites is 1. The summed E-state index contributed by atoms with van der Waals surface area (Å²) >= 11 is 6.15. The number of nitrogens with zero attached hydrogens (tertiary/aromatic N) is 2. The Bertz CT molecular complexity index is 579. The topological polar surface area (TPSA) is 33.2 Å². The van der Waals surface area contributed by atoms with Gasteiger partial charge in [-0.25, -0.2) is 4.98 Å². The van der Waals surface area contributed by atoms with Gasteiger partial charge in [-0.2, -0.15) is 0 Å². The summed E-state index contributed by atoms with van der Waals surface area (Å²) in [6.07, 6.45) is 0.848. The zero-order chi connectivity index (χ0) is 13.1. The molecule has 0 atom stereocenters. The van der Waals surface area contributed by atoms with E-state index in [2.05, 4.69) is 4.98 Å². The van der Waals surface area contributed by atoms with Gasteiger partial charge < -0.3 is 4.90 Å². The molecule has 18 heavy (non-hydrogen) atoms. The third-order valence-corrected chi connectivity index (χ3v) is 3.30. The van der Waals surface area contributed by atoms with Crippen molar-refractivity contribution in [2.24, 2.45) is 0 Å². The minimum atomic E-state index is 0.605. The molecule has 0 aliphatic heterocycles. The SMILES string of the molecule is CCN(CC)c1nc2c(Cl)cccc2cc1C=O. The van der Waals surface area contributed by atoms with Gasteiger partial charge in [0.25, 0.3) is 0 Å². The number of carbonyl (C=O) groups is 1.